The lowest BCUT2D eigenvalue weighted by atomic mass is 10.1. The van der Waals surface area contributed by atoms with Gasteiger partial charge in [0.15, 0.2) is 6.61 Å². The molecule has 146 valence electrons. The summed E-state index contributed by atoms with van der Waals surface area (Å²) in [6.45, 7) is 3.14. The van der Waals surface area contributed by atoms with E-state index in [1.165, 1.54) is 0 Å². The maximum absolute atomic E-state index is 12.7. The van der Waals surface area contributed by atoms with Crippen LogP contribution in [0.2, 0.25) is 0 Å². The van der Waals surface area contributed by atoms with Gasteiger partial charge in [-0.15, -0.1) is 0 Å². The van der Waals surface area contributed by atoms with Crippen molar-refractivity contribution in [3.63, 3.8) is 0 Å². The third-order valence-electron chi connectivity index (χ3n) is 4.71. The van der Waals surface area contributed by atoms with Crippen LogP contribution in [0.4, 0.5) is 11.4 Å². The van der Waals surface area contributed by atoms with Gasteiger partial charge in [0.2, 0.25) is 0 Å². The molecule has 4 rings (SSSR count). The minimum atomic E-state index is -0.283. The third-order valence-corrected chi connectivity index (χ3v) is 4.71. The van der Waals surface area contributed by atoms with Crippen LogP contribution in [0.25, 0.3) is 0 Å². The largest absolute Gasteiger partial charge is 0.489 e. The van der Waals surface area contributed by atoms with Crippen molar-refractivity contribution < 1.29 is 23.8 Å². The van der Waals surface area contributed by atoms with Gasteiger partial charge in [-0.1, -0.05) is 6.07 Å². The highest BCUT2D eigenvalue weighted by molar-refractivity contribution is 6.06. The van der Waals surface area contributed by atoms with E-state index in [1.807, 2.05) is 25.1 Å². The molecule has 0 bridgehead atoms. The van der Waals surface area contributed by atoms with E-state index in [-0.39, 0.29) is 24.5 Å². The lowest BCUT2D eigenvalue weighted by molar-refractivity contribution is -0.118. The highest BCUT2D eigenvalue weighted by Gasteiger charge is 2.20. The van der Waals surface area contributed by atoms with Crippen molar-refractivity contribution in [2.45, 2.75) is 25.9 Å². The second-order valence-corrected chi connectivity index (χ2v) is 6.95. The monoisotopic (exact) mass is 382 g/mol. The lowest BCUT2D eigenvalue weighted by Gasteiger charge is -2.19. The van der Waals surface area contributed by atoms with Crippen molar-refractivity contribution in [1.29, 1.82) is 0 Å². The summed E-state index contributed by atoms with van der Waals surface area (Å²) in [4.78, 5) is 24.1. The number of ether oxygens (including phenoxy) is 3. The van der Waals surface area contributed by atoms with Crippen molar-refractivity contribution in [3.05, 3.63) is 47.5 Å². The molecule has 0 radical (unpaired) electrons. The summed E-state index contributed by atoms with van der Waals surface area (Å²) in [6, 6.07) is 10.6. The van der Waals surface area contributed by atoms with E-state index in [0.717, 1.165) is 25.0 Å². The molecule has 7 nitrogen and oxygen atoms in total. The van der Waals surface area contributed by atoms with Gasteiger partial charge in [-0.25, -0.2) is 0 Å². The van der Waals surface area contributed by atoms with Gasteiger partial charge in [0.25, 0.3) is 11.8 Å². The second-order valence-electron chi connectivity index (χ2n) is 6.95. The topological polar surface area (TPSA) is 85.9 Å². The third kappa shape index (κ3) is 4.09. The van der Waals surface area contributed by atoms with Crippen LogP contribution < -0.4 is 20.1 Å². The number of carbonyl (C=O) groups excluding carboxylic acids is 2. The molecule has 28 heavy (non-hydrogen) atoms. The Balaban J connectivity index is 1.48. The summed E-state index contributed by atoms with van der Waals surface area (Å²) in [5, 5.41) is 5.60. The van der Waals surface area contributed by atoms with Crippen molar-refractivity contribution >= 4 is 23.2 Å². The maximum Gasteiger partial charge on any atom is 0.262 e. The van der Waals surface area contributed by atoms with Crippen LogP contribution in [0.5, 0.6) is 11.5 Å². The lowest BCUT2D eigenvalue weighted by Crippen LogP contribution is -2.25. The number of benzene rings is 2. The summed E-state index contributed by atoms with van der Waals surface area (Å²) in [6.07, 6.45) is 2.13. The number of aryl methyl sites for hydroxylation is 1. The minimum Gasteiger partial charge on any atom is -0.489 e. The zero-order valence-corrected chi connectivity index (χ0v) is 15.6. The molecule has 2 aliphatic rings. The Morgan fingerprint density at radius 3 is 3.00 bits per heavy atom. The molecule has 1 saturated heterocycles. The summed E-state index contributed by atoms with van der Waals surface area (Å²) in [7, 11) is 0. The Hall–Kier alpha value is -3.06. The zero-order valence-electron chi connectivity index (χ0n) is 15.6. The number of hydrogen-bond acceptors (Lipinski definition) is 5. The molecule has 2 amide bonds. The van der Waals surface area contributed by atoms with Crippen molar-refractivity contribution in [2.75, 3.05) is 30.5 Å². The molecule has 2 N–H and O–H groups in total. The average Bonchev–Trinajstić information content (AvgIpc) is 3.21. The van der Waals surface area contributed by atoms with Crippen LogP contribution in [0.1, 0.15) is 28.8 Å². The number of carbonyl (C=O) groups is 2. The number of amides is 2. The second kappa shape index (κ2) is 7.90. The molecule has 7 heteroatoms. The minimum absolute atomic E-state index is 0.0583. The molecular formula is C21H22N2O5. The standard InChI is InChI=1S/C21H22N2O5/c1-13-4-6-17(18(9-13)27-11-15-3-2-8-26-15)23-21(25)14-5-7-16-19(10-14)28-12-20(24)22-16/h4-7,9-10,15H,2-3,8,11-12H2,1H3,(H,22,24)(H,23,25). The van der Waals surface area contributed by atoms with Crippen LogP contribution in [0.15, 0.2) is 36.4 Å². The Kier molecular flexibility index (Phi) is 5.16. The molecule has 1 fully saturated rings. The van der Waals surface area contributed by atoms with Crippen LogP contribution >= 0.6 is 0 Å². The first-order valence-electron chi connectivity index (χ1n) is 9.31. The first-order chi connectivity index (χ1) is 13.6. The molecule has 2 aromatic rings. The van der Waals surface area contributed by atoms with E-state index in [1.54, 1.807) is 18.2 Å². The fourth-order valence-electron chi connectivity index (χ4n) is 3.22. The van der Waals surface area contributed by atoms with E-state index in [9.17, 15) is 9.59 Å². The summed E-state index contributed by atoms with van der Waals surface area (Å²) < 4.78 is 16.9. The van der Waals surface area contributed by atoms with Crippen molar-refractivity contribution in [1.82, 2.24) is 0 Å². The molecule has 0 spiro atoms. The van der Waals surface area contributed by atoms with Gasteiger partial charge in [0, 0.05) is 12.2 Å². The van der Waals surface area contributed by atoms with Crippen molar-refractivity contribution in [3.8, 4) is 11.5 Å². The van der Waals surface area contributed by atoms with E-state index in [0.29, 0.717) is 35.0 Å². The molecule has 0 aliphatic carbocycles. The normalized spacial score (nSPS) is 18.0. The van der Waals surface area contributed by atoms with Crippen molar-refractivity contribution in [2.24, 2.45) is 0 Å². The van der Waals surface area contributed by atoms with E-state index < -0.39 is 0 Å². The first-order valence-corrected chi connectivity index (χ1v) is 9.31. The van der Waals surface area contributed by atoms with Gasteiger partial charge in [0.05, 0.1) is 17.5 Å². The van der Waals surface area contributed by atoms with Crippen LogP contribution in [-0.2, 0) is 9.53 Å². The number of nitrogens with one attached hydrogen (secondary N) is 2. The van der Waals surface area contributed by atoms with Crippen LogP contribution in [0.3, 0.4) is 0 Å². The highest BCUT2D eigenvalue weighted by atomic mass is 16.5. The zero-order chi connectivity index (χ0) is 19.5. The van der Waals surface area contributed by atoms with Crippen LogP contribution in [0, 0.1) is 6.92 Å². The van der Waals surface area contributed by atoms with E-state index in [4.69, 9.17) is 14.2 Å². The quantitative estimate of drug-likeness (QED) is 0.830. The molecule has 1 unspecified atom stereocenters. The number of rotatable bonds is 5. The summed E-state index contributed by atoms with van der Waals surface area (Å²) in [5.74, 6) is 0.600. The molecular weight excluding hydrogens is 360 g/mol. The van der Waals surface area contributed by atoms with Gasteiger partial charge in [-0.05, 0) is 55.7 Å². The van der Waals surface area contributed by atoms with Gasteiger partial charge in [-0.3, -0.25) is 9.59 Å². The molecule has 1 atom stereocenters. The van der Waals surface area contributed by atoms with Crippen LogP contribution in [-0.4, -0.2) is 37.7 Å². The number of anilines is 2. The fourth-order valence-corrected chi connectivity index (χ4v) is 3.22. The smallest absolute Gasteiger partial charge is 0.262 e. The van der Waals surface area contributed by atoms with Gasteiger partial charge >= 0.3 is 0 Å². The molecule has 2 aromatic carbocycles. The fraction of sp³-hybridized carbons (Fsp3) is 0.333. The Morgan fingerprint density at radius 1 is 1.29 bits per heavy atom. The van der Waals surface area contributed by atoms with Gasteiger partial charge in [-0.2, -0.15) is 0 Å². The SMILES string of the molecule is Cc1ccc(NC(=O)c2ccc3c(c2)OCC(=O)N3)c(OCC2CCCO2)c1. The maximum atomic E-state index is 12.7. The van der Waals surface area contributed by atoms with Gasteiger partial charge in [0.1, 0.15) is 18.1 Å². The number of hydrogen-bond donors (Lipinski definition) is 2. The highest BCUT2D eigenvalue weighted by Crippen LogP contribution is 2.30. The van der Waals surface area contributed by atoms with Gasteiger partial charge < -0.3 is 24.8 Å². The molecule has 2 heterocycles. The summed E-state index contributed by atoms with van der Waals surface area (Å²) >= 11 is 0. The van der Waals surface area contributed by atoms with E-state index in [2.05, 4.69) is 10.6 Å². The Morgan fingerprint density at radius 2 is 2.18 bits per heavy atom. The first kappa shape index (κ1) is 18.3. The molecule has 0 aromatic heterocycles. The predicted molar refractivity (Wildman–Crippen MR) is 104 cm³/mol. The number of fused-ring (bicyclic) bond motifs is 1. The predicted octanol–water partition coefficient (Wildman–Crippen LogP) is 3.14. The molecule has 0 saturated carbocycles. The Labute approximate surface area is 163 Å². The van der Waals surface area contributed by atoms with E-state index >= 15 is 0 Å². The Bertz CT molecular complexity index is 906. The molecule has 2 aliphatic heterocycles. The summed E-state index contributed by atoms with van der Waals surface area (Å²) in [5.41, 5.74) is 2.63. The average molecular weight is 382 g/mol.